The molecular weight excluding hydrogens is 262 g/mol. The third-order valence-electron chi connectivity index (χ3n) is 3.32. The van der Waals surface area contributed by atoms with Gasteiger partial charge >= 0.3 is 0 Å². The number of hydrogen-bond acceptors (Lipinski definition) is 3. The van der Waals surface area contributed by atoms with Crippen LogP contribution >= 0.6 is 0 Å². The van der Waals surface area contributed by atoms with Crippen molar-refractivity contribution in [1.82, 2.24) is 4.31 Å². The van der Waals surface area contributed by atoms with E-state index in [0.717, 1.165) is 19.3 Å². The van der Waals surface area contributed by atoms with Crippen LogP contribution in [-0.4, -0.2) is 32.9 Å². The van der Waals surface area contributed by atoms with Gasteiger partial charge in [-0.3, -0.25) is 0 Å². The van der Waals surface area contributed by atoms with Crippen molar-refractivity contribution in [2.45, 2.75) is 31.1 Å². The number of methoxy groups -OCH3 is 1. The molecule has 0 aliphatic heterocycles. The van der Waals surface area contributed by atoms with Crippen molar-refractivity contribution in [1.29, 1.82) is 0 Å². The Hall–Kier alpha value is -1.07. The standard InChI is InChI=1S/C14H21NO3S/c1-3-10-15(11-12-8-9-12)19(16,17)14-7-5-4-6-13(14)18-2/h4-7,12H,3,8-11H2,1-2H3. The summed E-state index contributed by atoms with van der Waals surface area (Å²) in [7, 11) is -1.95. The molecule has 19 heavy (non-hydrogen) atoms. The van der Waals surface area contributed by atoms with Gasteiger partial charge in [-0.15, -0.1) is 0 Å². The van der Waals surface area contributed by atoms with Crippen molar-refractivity contribution < 1.29 is 13.2 Å². The average molecular weight is 283 g/mol. The van der Waals surface area contributed by atoms with Crippen LogP contribution in [0.15, 0.2) is 29.2 Å². The molecule has 0 bridgehead atoms. The highest BCUT2D eigenvalue weighted by Gasteiger charge is 2.32. The lowest BCUT2D eigenvalue weighted by Gasteiger charge is -2.22. The third-order valence-corrected chi connectivity index (χ3v) is 5.22. The summed E-state index contributed by atoms with van der Waals surface area (Å²) in [5.41, 5.74) is 0. The molecule has 0 atom stereocenters. The molecule has 0 unspecified atom stereocenters. The zero-order valence-corrected chi connectivity index (χ0v) is 12.3. The fourth-order valence-electron chi connectivity index (χ4n) is 2.12. The molecule has 0 heterocycles. The largest absolute Gasteiger partial charge is 0.495 e. The van der Waals surface area contributed by atoms with Crippen LogP contribution in [0.1, 0.15) is 26.2 Å². The summed E-state index contributed by atoms with van der Waals surface area (Å²) >= 11 is 0. The number of hydrogen-bond donors (Lipinski definition) is 0. The molecule has 0 radical (unpaired) electrons. The topological polar surface area (TPSA) is 46.6 Å². The van der Waals surface area contributed by atoms with Gasteiger partial charge in [0.2, 0.25) is 10.0 Å². The molecular formula is C14H21NO3S. The van der Waals surface area contributed by atoms with Gasteiger partial charge in [-0.2, -0.15) is 4.31 Å². The van der Waals surface area contributed by atoms with Crippen LogP contribution in [0.5, 0.6) is 5.75 Å². The van der Waals surface area contributed by atoms with Crippen molar-refractivity contribution in [3.8, 4) is 5.75 Å². The van der Waals surface area contributed by atoms with E-state index < -0.39 is 10.0 Å². The first-order valence-electron chi connectivity index (χ1n) is 6.72. The van der Waals surface area contributed by atoms with Gasteiger partial charge in [0, 0.05) is 13.1 Å². The first-order chi connectivity index (χ1) is 9.09. The van der Waals surface area contributed by atoms with E-state index >= 15 is 0 Å². The lowest BCUT2D eigenvalue weighted by molar-refractivity contribution is 0.381. The second-order valence-corrected chi connectivity index (χ2v) is 6.86. The molecule has 0 amide bonds. The van der Waals surface area contributed by atoms with Gasteiger partial charge in [-0.05, 0) is 37.3 Å². The van der Waals surface area contributed by atoms with Gasteiger partial charge in [0.15, 0.2) is 0 Å². The van der Waals surface area contributed by atoms with Gasteiger partial charge in [0.1, 0.15) is 10.6 Å². The fourth-order valence-corrected chi connectivity index (χ4v) is 3.88. The summed E-state index contributed by atoms with van der Waals surface area (Å²) in [5.74, 6) is 0.954. The Morgan fingerprint density at radius 3 is 2.58 bits per heavy atom. The Kier molecular flexibility index (Phi) is 4.47. The first kappa shape index (κ1) is 14.3. The van der Waals surface area contributed by atoms with Crippen LogP contribution in [0.3, 0.4) is 0 Å². The number of nitrogens with zero attached hydrogens (tertiary/aromatic N) is 1. The fraction of sp³-hybridized carbons (Fsp3) is 0.571. The Bertz CT molecular complexity index is 523. The van der Waals surface area contributed by atoms with Crippen LogP contribution in [0.2, 0.25) is 0 Å². The SMILES string of the molecule is CCCN(CC1CC1)S(=O)(=O)c1ccccc1OC. The first-order valence-corrected chi connectivity index (χ1v) is 8.16. The van der Waals surface area contributed by atoms with Crippen LogP contribution < -0.4 is 4.74 Å². The third kappa shape index (κ3) is 3.28. The van der Waals surface area contributed by atoms with Crippen LogP contribution in [0.25, 0.3) is 0 Å². The normalized spacial score (nSPS) is 15.7. The van der Waals surface area contributed by atoms with E-state index in [9.17, 15) is 8.42 Å². The van der Waals surface area contributed by atoms with Gasteiger partial charge in [-0.25, -0.2) is 8.42 Å². The Morgan fingerprint density at radius 1 is 1.32 bits per heavy atom. The second kappa shape index (κ2) is 5.92. The summed E-state index contributed by atoms with van der Waals surface area (Å²) in [6.45, 7) is 3.20. The predicted molar refractivity (Wildman–Crippen MR) is 74.8 cm³/mol. The minimum atomic E-state index is -3.45. The van der Waals surface area contributed by atoms with E-state index in [1.54, 1.807) is 28.6 Å². The molecule has 106 valence electrons. The second-order valence-electron chi connectivity index (χ2n) is 4.96. The summed E-state index contributed by atoms with van der Waals surface area (Å²) in [5, 5.41) is 0. The highest BCUT2D eigenvalue weighted by molar-refractivity contribution is 7.89. The molecule has 1 aromatic carbocycles. The molecule has 1 saturated carbocycles. The van der Waals surface area contributed by atoms with Gasteiger partial charge < -0.3 is 4.74 Å². The van der Waals surface area contributed by atoms with Crippen molar-refractivity contribution in [3.05, 3.63) is 24.3 Å². The van der Waals surface area contributed by atoms with Gasteiger partial charge in [-0.1, -0.05) is 19.1 Å². The maximum absolute atomic E-state index is 12.7. The van der Waals surface area contributed by atoms with Crippen LogP contribution in [-0.2, 0) is 10.0 Å². The predicted octanol–water partition coefficient (Wildman–Crippen LogP) is 2.51. The van der Waals surface area contributed by atoms with Gasteiger partial charge in [0.25, 0.3) is 0 Å². The number of para-hydroxylation sites is 1. The van der Waals surface area contributed by atoms with Gasteiger partial charge in [0.05, 0.1) is 7.11 Å². The molecule has 1 fully saturated rings. The van der Waals surface area contributed by atoms with E-state index in [4.69, 9.17) is 4.74 Å². The maximum Gasteiger partial charge on any atom is 0.246 e. The van der Waals surface area contributed by atoms with Crippen molar-refractivity contribution >= 4 is 10.0 Å². The molecule has 1 aliphatic rings. The average Bonchev–Trinajstić information content (AvgIpc) is 3.22. The summed E-state index contributed by atoms with van der Waals surface area (Å²) < 4.78 is 32.2. The Balaban J connectivity index is 2.31. The van der Waals surface area contributed by atoms with E-state index in [2.05, 4.69) is 0 Å². The molecule has 1 aliphatic carbocycles. The van der Waals surface area contributed by atoms with E-state index in [1.165, 1.54) is 7.11 Å². The smallest absolute Gasteiger partial charge is 0.246 e. The van der Waals surface area contributed by atoms with Crippen molar-refractivity contribution in [2.75, 3.05) is 20.2 Å². The van der Waals surface area contributed by atoms with E-state index in [0.29, 0.717) is 24.8 Å². The molecule has 5 heteroatoms. The lowest BCUT2D eigenvalue weighted by Crippen LogP contribution is -2.33. The lowest BCUT2D eigenvalue weighted by atomic mass is 10.3. The molecule has 2 rings (SSSR count). The Morgan fingerprint density at radius 2 is 2.00 bits per heavy atom. The van der Waals surface area contributed by atoms with E-state index in [1.807, 2.05) is 6.92 Å². The molecule has 0 spiro atoms. The molecule has 1 aromatic rings. The van der Waals surface area contributed by atoms with E-state index in [-0.39, 0.29) is 4.90 Å². The zero-order valence-electron chi connectivity index (χ0n) is 11.5. The van der Waals surface area contributed by atoms with Crippen molar-refractivity contribution in [3.63, 3.8) is 0 Å². The molecule has 0 N–H and O–H groups in total. The van der Waals surface area contributed by atoms with Crippen molar-refractivity contribution in [2.24, 2.45) is 5.92 Å². The molecule has 4 nitrogen and oxygen atoms in total. The highest BCUT2D eigenvalue weighted by atomic mass is 32.2. The number of rotatable bonds is 7. The summed E-state index contributed by atoms with van der Waals surface area (Å²) in [6.07, 6.45) is 3.10. The van der Waals surface area contributed by atoms with Crippen LogP contribution in [0, 0.1) is 5.92 Å². The minimum absolute atomic E-state index is 0.270. The maximum atomic E-state index is 12.7. The number of sulfonamides is 1. The Labute approximate surface area is 115 Å². The number of ether oxygens (including phenoxy) is 1. The van der Waals surface area contributed by atoms with Crippen LogP contribution in [0.4, 0.5) is 0 Å². The monoisotopic (exact) mass is 283 g/mol. The zero-order chi connectivity index (χ0) is 13.9. The molecule has 0 saturated heterocycles. The quantitative estimate of drug-likeness (QED) is 0.772. The summed E-state index contributed by atoms with van der Waals surface area (Å²) in [4.78, 5) is 0.270. The minimum Gasteiger partial charge on any atom is -0.495 e. The summed E-state index contributed by atoms with van der Waals surface area (Å²) in [6, 6.07) is 6.82. The number of benzene rings is 1. The molecule has 0 aromatic heterocycles. The highest BCUT2D eigenvalue weighted by Crippen LogP contribution is 2.33.